The number of nitrogens with one attached hydrogen (secondary N) is 2. The normalized spacial score (nSPS) is 18.2. The molecule has 0 aromatic carbocycles. The second-order valence-electron chi connectivity index (χ2n) is 5.91. The number of pyridine rings is 1. The van der Waals surface area contributed by atoms with Crippen LogP contribution in [0.3, 0.4) is 0 Å². The van der Waals surface area contributed by atoms with Crippen molar-refractivity contribution in [3.8, 4) is 0 Å². The zero-order valence-electron chi connectivity index (χ0n) is 12.9. The average Bonchev–Trinajstić information content (AvgIpc) is 2.93. The van der Waals surface area contributed by atoms with Crippen molar-refractivity contribution in [3.63, 3.8) is 0 Å². The summed E-state index contributed by atoms with van der Waals surface area (Å²) in [7, 11) is 0. The molecule has 1 aliphatic rings. The molecule has 1 aromatic rings. The Labute approximate surface area is 126 Å². The van der Waals surface area contributed by atoms with Crippen LogP contribution in [0, 0.1) is 6.92 Å². The Balaban J connectivity index is 2.00. The minimum Gasteiger partial charge on any atom is -0.394 e. The molecule has 116 valence electrons. The number of aryl methyl sites for hydroxylation is 1. The first-order valence-corrected chi connectivity index (χ1v) is 7.71. The molecule has 0 spiro atoms. The second-order valence-corrected chi connectivity index (χ2v) is 5.91. The highest BCUT2D eigenvalue weighted by Gasteiger charge is 2.35. The number of urea groups is 1. The first-order valence-electron chi connectivity index (χ1n) is 7.71. The molecule has 5 nitrogen and oxygen atoms in total. The lowest BCUT2D eigenvalue weighted by Crippen LogP contribution is -2.53. The van der Waals surface area contributed by atoms with Crippen molar-refractivity contribution in [2.24, 2.45) is 0 Å². The standard InChI is InChI=1S/C16H25N3O2/c1-3-13(14-8-6-7-12(2)17-14)18-15(21)19-16(11-20)9-4-5-10-16/h6-8,13,20H,3-5,9-11H2,1-2H3,(H2,18,19,21)/t13-/m0/s1. The van der Waals surface area contributed by atoms with Crippen LogP contribution in [0.15, 0.2) is 18.2 Å². The smallest absolute Gasteiger partial charge is 0.315 e. The van der Waals surface area contributed by atoms with E-state index in [0.29, 0.717) is 0 Å². The summed E-state index contributed by atoms with van der Waals surface area (Å²) in [4.78, 5) is 16.7. The Morgan fingerprint density at radius 1 is 1.43 bits per heavy atom. The lowest BCUT2D eigenvalue weighted by molar-refractivity contribution is 0.161. The molecule has 2 rings (SSSR count). The average molecular weight is 291 g/mol. The summed E-state index contributed by atoms with van der Waals surface area (Å²) in [5, 5.41) is 15.5. The van der Waals surface area contributed by atoms with Gasteiger partial charge in [-0.05, 0) is 38.3 Å². The molecule has 21 heavy (non-hydrogen) atoms. The van der Waals surface area contributed by atoms with Crippen LogP contribution in [0.4, 0.5) is 4.79 Å². The SMILES string of the molecule is CC[C@H](NC(=O)NC1(CO)CCCC1)c1cccc(C)n1. The van der Waals surface area contributed by atoms with E-state index in [1.54, 1.807) is 0 Å². The van der Waals surface area contributed by atoms with Crippen LogP contribution in [-0.4, -0.2) is 28.3 Å². The zero-order chi connectivity index (χ0) is 15.3. The van der Waals surface area contributed by atoms with Gasteiger partial charge in [-0.15, -0.1) is 0 Å². The monoisotopic (exact) mass is 291 g/mol. The summed E-state index contributed by atoms with van der Waals surface area (Å²) in [5.41, 5.74) is 1.37. The molecule has 1 saturated carbocycles. The molecule has 0 aliphatic heterocycles. The summed E-state index contributed by atoms with van der Waals surface area (Å²) < 4.78 is 0. The fourth-order valence-electron chi connectivity index (χ4n) is 2.95. The van der Waals surface area contributed by atoms with E-state index < -0.39 is 5.54 Å². The Kier molecular flexibility index (Phi) is 5.17. The number of aromatic nitrogens is 1. The van der Waals surface area contributed by atoms with E-state index >= 15 is 0 Å². The van der Waals surface area contributed by atoms with Gasteiger partial charge in [-0.1, -0.05) is 25.8 Å². The van der Waals surface area contributed by atoms with E-state index in [9.17, 15) is 9.90 Å². The van der Waals surface area contributed by atoms with Crippen molar-refractivity contribution in [2.45, 2.75) is 57.5 Å². The molecule has 3 N–H and O–H groups in total. The molecule has 5 heteroatoms. The minimum absolute atomic E-state index is 0.0000925. The molecule has 1 atom stereocenters. The van der Waals surface area contributed by atoms with E-state index in [1.807, 2.05) is 32.0 Å². The van der Waals surface area contributed by atoms with E-state index in [2.05, 4.69) is 15.6 Å². The van der Waals surface area contributed by atoms with Gasteiger partial charge in [0.05, 0.1) is 23.9 Å². The number of amides is 2. The first kappa shape index (κ1) is 15.8. The van der Waals surface area contributed by atoms with Gasteiger partial charge in [-0.3, -0.25) is 4.98 Å². The highest BCUT2D eigenvalue weighted by atomic mass is 16.3. The van der Waals surface area contributed by atoms with Crippen molar-refractivity contribution in [1.29, 1.82) is 0 Å². The molecule has 0 bridgehead atoms. The Bertz CT molecular complexity index is 484. The van der Waals surface area contributed by atoms with Crippen LogP contribution in [0.2, 0.25) is 0 Å². The van der Waals surface area contributed by atoms with Crippen molar-refractivity contribution in [1.82, 2.24) is 15.6 Å². The van der Waals surface area contributed by atoms with Gasteiger partial charge in [-0.25, -0.2) is 4.79 Å². The number of hydrogen-bond donors (Lipinski definition) is 3. The van der Waals surface area contributed by atoms with E-state index in [4.69, 9.17) is 0 Å². The predicted octanol–water partition coefficient (Wildman–Crippen LogP) is 2.45. The second kappa shape index (κ2) is 6.89. The van der Waals surface area contributed by atoms with Gasteiger partial charge in [0, 0.05) is 5.69 Å². The van der Waals surface area contributed by atoms with Crippen LogP contribution >= 0.6 is 0 Å². The molecular formula is C16H25N3O2. The summed E-state index contributed by atoms with van der Waals surface area (Å²) in [6, 6.07) is 5.49. The fourth-order valence-corrected chi connectivity index (χ4v) is 2.95. The highest BCUT2D eigenvalue weighted by molar-refractivity contribution is 5.75. The summed E-state index contributed by atoms with van der Waals surface area (Å²) >= 11 is 0. The van der Waals surface area contributed by atoms with Gasteiger partial charge in [0.1, 0.15) is 0 Å². The van der Waals surface area contributed by atoms with Crippen molar-refractivity contribution in [2.75, 3.05) is 6.61 Å². The zero-order valence-corrected chi connectivity index (χ0v) is 12.9. The number of carbonyl (C=O) groups excluding carboxylic acids is 1. The van der Waals surface area contributed by atoms with Crippen LogP contribution in [0.5, 0.6) is 0 Å². The molecule has 0 saturated heterocycles. The number of rotatable bonds is 5. The van der Waals surface area contributed by atoms with Crippen molar-refractivity contribution < 1.29 is 9.90 Å². The summed E-state index contributed by atoms with van der Waals surface area (Å²) in [6.45, 7) is 3.96. The number of aliphatic hydroxyl groups excluding tert-OH is 1. The number of nitrogens with zero attached hydrogens (tertiary/aromatic N) is 1. The van der Waals surface area contributed by atoms with E-state index in [0.717, 1.165) is 43.5 Å². The van der Waals surface area contributed by atoms with E-state index in [-0.39, 0.29) is 18.7 Å². The van der Waals surface area contributed by atoms with Gasteiger partial charge in [0.2, 0.25) is 0 Å². The fraction of sp³-hybridized carbons (Fsp3) is 0.625. The maximum Gasteiger partial charge on any atom is 0.315 e. The van der Waals surface area contributed by atoms with Gasteiger partial charge in [-0.2, -0.15) is 0 Å². The highest BCUT2D eigenvalue weighted by Crippen LogP contribution is 2.29. The number of hydrogen-bond acceptors (Lipinski definition) is 3. The van der Waals surface area contributed by atoms with Crippen LogP contribution < -0.4 is 10.6 Å². The Morgan fingerprint density at radius 2 is 2.14 bits per heavy atom. The first-order chi connectivity index (χ1) is 10.1. The molecule has 0 unspecified atom stereocenters. The maximum absolute atomic E-state index is 12.2. The molecule has 1 fully saturated rings. The van der Waals surface area contributed by atoms with E-state index in [1.165, 1.54) is 0 Å². The predicted molar refractivity (Wildman–Crippen MR) is 82.0 cm³/mol. The van der Waals surface area contributed by atoms with Crippen LogP contribution in [-0.2, 0) is 0 Å². The van der Waals surface area contributed by atoms with Gasteiger partial charge in [0.25, 0.3) is 0 Å². The molecule has 1 heterocycles. The van der Waals surface area contributed by atoms with Gasteiger partial charge >= 0.3 is 6.03 Å². The van der Waals surface area contributed by atoms with Crippen LogP contribution in [0.1, 0.15) is 56.5 Å². The van der Waals surface area contributed by atoms with Crippen molar-refractivity contribution in [3.05, 3.63) is 29.6 Å². The quantitative estimate of drug-likeness (QED) is 0.780. The van der Waals surface area contributed by atoms with Gasteiger partial charge < -0.3 is 15.7 Å². The molecule has 0 radical (unpaired) electrons. The molecule has 1 aliphatic carbocycles. The third-order valence-corrected chi connectivity index (χ3v) is 4.22. The topological polar surface area (TPSA) is 74.2 Å². The largest absolute Gasteiger partial charge is 0.394 e. The third kappa shape index (κ3) is 3.94. The van der Waals surface area contributed by atoms with Crippen LogP contribution in [0.25, 0.3) is 0 Å². The molecule has 1 aromatic heterocycles. The summed E-state index contributed by atoms with van der Waals surface area (Å²) in [5.74, 6) is 0. The van der Waals surface area contributed by atoms with Gasteiger partial charge in [0.15, 0.2) is 0 Å². The van der Waals surface area contributed by atoms with Crippen molar-refractivity contribution >= 4 is 6.03 Å². The lowest BCUT2D eigenvalue weighted by Gasteiger charge is -2.29. The number of aliphatic hydroxyl groups is 1. The Morgan fingerprint density at radius 3 is 2.71 bits per heavy atom. The number of carbonyl (C=O) groups is 1. The molecule has 2 amide bonds. The Hall–Kier alpha value is -1.62. The summed E-state index contributed by atoms with van der Waals surface area (Å²) in [6.07, 6.45) is 4.57. The third-order valence-electron chi connectivity index (χ3n) is 4.22. The molecular weight excluding hydrogens is 266 g/mol. The minimum atomic E-state index is -0.442. The lowest BCUT2D eigenvalue weighted by atomic mass is 9.99. The maximum atomic E-state index is 12.2.